The Kier molecular flexibility index (Phi) is 2.87. The molecule has 0 aromatic heterocycles. The van der Waals surface area contributed by atoms with Crippen molar-refractivity contribution in [2.75, 3.05) is 11.5 Å². The molecule has 1 aromatic rings. The molecule has 0 saturated carbocycles. The Hall–Kier alpha value is -0.960. The van der Waals surface area contributed by atoms with Crippen LogP contribution in [0.5, 0.6) is 5.75 Å². The Balaban J connectivity index is 1.89. The lowest BCUT2D eigenvalue weighted by molar-refractivity contribution is 0.0978. The van der Waals surface area contributed by atoms with Crippen LogP contribution < -0.4 is 0 Å². The Labute approximate surface area is 104 Å². The molecule has 0 amide bonds. The van der Waals surface area contributed by atoms with Crippen molar-refractivity contribution in [1.29, 1.82) is 0 Å². The van der Waals surface area contributed by atoms with Gasteiger partial charge in [-0.15, -0.1) is 0 Å². The minimum atomic E-state index is 0.273. The highest BCUT2D eigenvalue weighted by Gasteiger charge is 2.41. The quantitative estimate of drug-likeness (QED) is 0.775. The number of fused-ring (bicyclic) bond motifs is 1. The van der Waals surface area contributed by atoms with Gasteiger partial charge in [0.1, 0.15) is 17.3 Å². The highest BCUT2D eigenvalue weighted by molar-refractivity contribution is 7.98. The van der Waals surface area contributed by atoms with Gasteiger partial charge in [0.25, 0.3) is 0 Å². The van der Waals surface area contributed by atoms with E-state index in [2.05, 4.69) is 0 Å². The van der Waals surface area contributed by atoms with E-state index in [0.29, 0.717) is 16.7 Å². The van der Waals surface area contributed by atoms with Gasteiger partial charge in [0, 0.05) is 12.0 Å². The van der Waals surface area contributed by atoms with E-state index in [1.165, 1.54) is 24.3 Å². The molecule has 1 aromatic carbocycles. The molecule has 1 aliphatic heterocycles. The third kappa shape index (κ3) is 1.97. The maximum atomic E-state index is 12.4. The van der Waals surface area contributed by atoms with E-state index in [1.807, 2.05) is 0 Å². The first-order valence-electron chi connectivity index (χ1n) is 6.28. The van der Waals surface area contributed by atoms with Gasteiger partial charge in [0.05, 0.1) is 0 Å². The Morgan fingerprint density at radius 1 is 1.24 bits per heavy atom. The summed E-state index contributed by atoms with van der Waals surface area (Å²) in [6, 6.07) is 5.19. The number of phenols is 1. The molecule has 0 spiro atoms. The van der Waals surface area contributed by atoms with Crippen LogP contribution >= 0.6 is 0 Å². The van der Waals surface area contributed by atoms with Gasteiger partial charge in [-0.1, -0.05) is 0 Å². The van der Waals surface area contributed by atoms with E-state index >= 15 is 0 Å². The summed E-state index contributed by atoms with van der Waals surface area (Å²) in [5.74, 6) is 3.11. The molecule has 1 unspecified atom stereocenters. The van der Waals surface area contributed by atoms with Gasteiger partial charge in [-0.3, -0.25) is 4.79 Å². The summed E-state index contributed by atoms with van der Waals surface area (Å²) in [6.07, 6.45) is 4.53. The van der Waals surface area contributed by atoms with Gasteiger partial charge in [0.2, 0.25) is 5.78 Å². The van der Waals surface area contributed by atoms with Gasteiger partial charge in [-0.25, -0.2) is 0 Å². The second kappa shape index (κ2) is 4.37. The third-order valence-corrected chi connectivity index (χ3v) is 6.67. The largest absolute Gasteiger partial charge is 0.508 e. The van der Waals surface area contributed by atoms with Crippen LogP contribution in [-0.2, 0) is 17.3 Å². The van der Waals surface area contributed by atoms with Crippen molar-refractivity contribution in [3.8, 4) is 5.75 Å². The average Bonchev–Trinajstić information content (AvgIpc) is 2.82. The van der Waals surface area contributed by atoms with Crippen molar-refractivity contribution in [2.24, 2.45) is 0 Å². The second-order valence-electron chi connectivity index (χ2n) is 4.89. The van der Waals surface area contributed by atoms with Crippen molar-refractivity contribution in [1.82, 2.24) is 0 Å². The van der Waals surface area contributed by atoms with E-state index in [1.54, 1.807) is 18.2 Å². The first-order chi connectivity index (χ1) is 8.25. The van der Waals surface area contributed by atoms with E-state index in [4.69, 9.17) is 0 Å². The van der Waals surface area contributed by atoms with Crippen molar-refractivity contribution in [2.45, 2.75) is 30.9 Å². The number of phenolic OH excluding ortho intramolecular Hbond substituents is 1. The van der Waals surface area contributed by atoms with Crippen molar-refractivity contribution >= 4 is 16.7 Å². The first kappa shape index (κ1) is 11.1. The number of hydrogen-bond donors (Lipinski definition) is 1. The fourth-order valence-corrected chi connectivity index (χ4v) is 5.70. The Bertz CT molecular complexity index is 450. The molecule has 1 N–H and O–H groups in total. The van der Waals surface area contributed by atoms with Gasteiger partial charge in [-0.2, -0.15) is 0 Å². The number of carbonyl (C=O) groups is 1. The zero-order valence-electron chi connectivity index (χ0n) is 9.82. The van der Waals surface area contributed by atoms with Crippen LogP contribution in [0.4, 0.5) is 0 Å². The molecule has 3 heteroatoms. The summed E-state index contributed by atoms with van der Waals surface area (Å²) in [4.78, 5) is 12.4. The molecule has 1 fully saturated rings. The van der Waals surface area contributed by atoms with Crippen LogP contribution in [0.15, 0.2) is 18.2 Å². The number of ketones is 1. The van der Waals surface area contributed by atoms with Crippen molar-refractivity contribution in [3.63, 3.8) is 0 Å². The summed E-state index contributed by atoms with van der Waals surface area (Å²) in [6.45, 7) is 0. The molecule has 3 rings (SSSR count). The minimum Gasteiger partial charge on any atom is -0.508 e. The lowest BCUT2D eigenvalue weighted by atomic mass is 9.90. The number of benzene rings is 1. The average molecular weight is 249 g/mol. The molecule has 90 valence electrons. The highest BCUT2D eigenvalue weighted by Crippen LogP contribution is 2.31. The van der Waals surface area contributed by atoms with Crippen LogP contribution in [0.2, 0.25) is 0 Å². The topological polar surface area (TPSA) is 37.3 Å². The van der Waals surface area contributed by atoms with Gasteiger partial charge in [-0.05, 0) is 53.9 Å². The molecule has 0 bridgehead atoms. The van der Waals surface area contributed by atoms with E-state index in [0.717, 1.165) is 24.0 Å². The Morgan fingerprint density at radius 3 is 2.76 bits per heavy atom. The minimum absolute atomic E-state index is 0.273. The third-order valence-electron chi connectivity index (χ3n) is 3.79. The normalized spacial score (nSPS) is 24.9. The molecular weight excluding hydrogens is 232 g/mol. The fraction of sp³-hybridized carbons (Fsp3) is 0.500. The van der Waals surface area contributed by atoms with Crippen LogP contribution in [0.1, 0.15) is 35.2 Å². The van der Waals surface area contributed by atoms with E-state index < -0.39 is 0 Å². The molecule has 1 atom stereocenters. The van der Waals surface area contributed by atoms with Gasteiger partial charge < -0.3 is 5.11 Å². The number of aromatic hydroxyl groups is 1. The van der Waals surface area contributed by atoms with Crippen molar-refractivity contribution in [3.05, 3.63) is 29.3 Å². The number of carbonyl (C=O) groups excluding carboxylic acids is 1. The second-order valence-corrected chi connectivity index (χ2v) is 7.35. The smallest absolute Gasteiger partial charge is 0.215 e. The maximum absolute atomic E-state index is 12.4. The maximum Gasteiger partial charge on any atom is 0.215 e. The zero-order valence-corrected chi connectivity index (χ0v) is 10.6. The zero-order chi connectivity index (χ0) is 11.8. The molecule has 1 aliphatic carbocycles. The molecule has 1 heterocycles. The van der Waals surface area contributed by atoms with E-state index in [-0.39, 0.29) is 11.0 Å². The first-order valence-corrected chi connectivity index (χ1v) is 7.91. The van der Waals surface area contributed by atoms with Crippen molar-refractivity contribution < 1.29 is 9.90 Å². The molecule has 1 saturated heterocycles. The molecular formula is C14H17O2S+. The highest BCUT2D eigenvalue weighted by atomic mass is 32.2. The molecule has 2 aliphatic rings. The molecule has 2 nitrogen and oxygen atoms in total. The monoisotopic (exact) mass is 249 g/mol. The van der Waals surface area contributed by atoms with E-state index in [9.17, 15) is 9.90 Å². The summed E-state index contributed by atoms with van der Waals surface area (Å²) in [5, 5.41) is 9.72. The Morgan fingerprint density at radius 2 is 2.00 bits per heavy atom. The number of Topliss-reactive ketones (excluding diaryl/α,β-unsaturated/α-hetero) is 1. The lowest BCUT2D eigenvalue weighted by Crippen LogP contribution is -2.35. The molecule has 0 radical (unpaired) electrons. The molecule has 17 heavy (non-hydrogen) atoms. The number of hydrogen-bond acceptors (Lipinski definition) is 2. The summed E-state index contributed by atoms with van der Waals surface area (Å²) >= 11 is 0. The van der Waals surface area contributed by atoms with Crippen LogP contribution in [-0.4, -0.2) is 27.6 Å². The van der Waals surface area contributed by atoms with Gasteiger partial charge in [0.15, 0.2) is 5.25 Å². The standard InChI is InChI=1S/C14H16O2S/c15-11-4-5-12-10(9-11)3-6-13(14(12)16)17-7-1-2-8-17/h4-5,9,13H,1-3,6-8H2/p+1. The van der Waals surface area contributed by atoms with Gasteiger partial charge >= 0.3 is 0 Å². The van der Waals surface area contributed by atoms with Crippen LogP contribution in [0, 0.1) is 0 Å². The predicted octanol–water partition coefficient (Wildman–Crippen LogP) is 2.30. The SMILES string of the molecule is O=C1c2ccc(O)cc2CCC1[S+]1CCCC1. The number of aryl methyl sites for hydroxylation is 1. The summed E-state index contributed by atoms with van der Waals surface area (Å²) in [7, 11) is 0.332. The van der Waals surface area contributed by atoms with Crippen LogP contribution in [0.3, 0.4) is 0 Å². The summed E-state index contributed by atoms with van der Waals surface area (Å²) in [5.41, 5.74) is 1.90. The summed E-state index contributed by atoms with van der Waals surface area (Å²) < 4.78 is 0. The predicted molar refractivity (Wildman–Crippen MR) is 70.9 cm³/mol. The fourth-order valence-electron chi connectivity index (χ4n) is 2.90. The number of rotatable bonds is 1. The van der Waals surface area contributed by atoms with Crippen LogP contribution in [0.25, 0.3) is 0 Å². The lowest BCUT2D eigenvalue weighted by Gasteiger charge is -2.22.